The highest BCUT2D eigenvalue weighted by Crippen LogP contribution is 2.17. The molecule has 1 aliphatic heterocycles. The van der Waals surface area contributed by atoms with Crippen LogP contribution in [-0.4, -0.2) is 50.7 Å². The molecule has 2 N–H and O–H groups in total. The number of aliphatic hydroxyl groups is 1. The third-order valence-electron chi connectivity index (χ3n) is 3.35. The van der Waals surface area contributed by atoms with E-state index in [2.05, 4.69) is 20.8 Å². The number of nitrogens with zero attached hydrogens (tertiary/aromatic N) is 4. The smallest absolute Gasteiger partial charge is 0.170 e. The van der Waals surface area contributed by atoms with Gasteiger partial charge in [0.1, 0.15) is 5.60 Å². The molecule has 7 heteroatoms. The summed E-state index contributed by atoms with van der Waals surface area (Å²) < 4.78 is 6.89. The minimum absolute atomic E-state index is 0.379. The molecule has 0 amide bonds. The molecule has 1 aromatic carbocycles. The van der Waals surface area contributed by atoms with Crippen molar-refractivity contribution in [1.82, 2.24) is 25.5 Å². The van der Waals surface area contributed by atoms with Gasteiger partial charge in [-0.15, -0.1) is 5.10 Å². The number of benzene rings is 1. The Kier molecular flexibility index (Phi) is 3.72. The van der Waals surface area contributed by atoms with Gasteiger partial charge in [-0.1, -0.05) is 18.2 Å². The van der Waals surface area contributed by atoms with Crippen molar-refractivity contribution in [3.63, 3.8) is 0 Å². The van der Waals surface area contributed by atoms with E-state index in [0.717, 1.165) is 5.69 Å². The largest absolute Gasteiger partial charge is 0.386 e. The zero-order valence-corrected chi connectivity index (χ0v) is 11.1. The topological polar surface area (TPSA) is 85.1 Å². The summed E-state index contributed by atoms with van der Waals surface area (Å²) >= 11 is 0. The third-order valence-corrected chi connectivity index (χ3v) is 3.35. The Morgan fingerprint density at radius 2 is 2.20 bits per heavy atom. The maximum atomic E-state index is 10.2. The number of hydrogen-bond donors (Lipinski definition) is 2. The minimum atomic E-state index is -0.773. The van der Waals surface area contributed by atoms with E-state index < -0.39 is 5.60 Å². The van der Waals surface area contributed by atoms with Crippen molar-refractivity contribution in [3.8, 4) is 5.69 Å². The lowest BCUT2D eigenvalue weighted by molar-refractivity contribution is 0.0267. The van der Waals surface area contributed by atoms with Gasteiger partial charge in [-0.3, -0.25) is 0 Å². The Balaban J connectivity index is 1.63. The van der Waals surface area contributed by atoms with Gasteiger partial charge < -0.3 is 15.2 Å². The van der Waals surface area contributed by atoms with Crippen LogP contribution in [0.1, 0.15) is 12.2 Å². The van der Waals surface area contributed by atoms with Crippen molar-refractivity contribution in [2.75, 3.05) is 19.8 Å². The summed E-state index contributed by atoms with van der Waals surface area (Å²) in [7, 11) is 0. The molecule has 2 aromatic rings. The first-order valence-electron chi connectivity index (χ1n) is 6.60. The Morgan fingerprint density at radius 1 is 1.35 bits per heavy atom. The molecule has 2 heterocycles. The molecule has 0 aliphatic carbocycles. The summed E-state index contributed by atoms with van der Waals surface area (Å²) in [4.78, 5) is 0. The Labute approximate surface area is 116 Å². The molecule has 1 atom stereocenters. The second-order valence-electron chi connectivity index (χ2n) is 4.97. The molecule has 3 rings (SSSR count). The highest BCUT2D eigenvalue weighted by Gasteiger charge is 2.31. The number of tetrazole rings is 1. The fraction of sp³-hybridized carbons (Fsp3) is 0.462. The highest BCUT2D eigenvalue weighted by atomic mass is 16.5. The van der Waals surface area contributed by atoms with Crippen LogP contribution in [0.4, 0.5) is 0 Å². The summed E-state index contributed by atoms with van der Waals surface area (Å²) in [5.74, 6) is 0.707. The SMILES string of the molecule is OC1(CNCc2nnnn2-c2ccccc2)CCOC1. The lowest BCUT2D eigenvalue weighted by Crippen LogP contribution is -2.41. The number of rotatable bonds is 5. The maximum absolute atomic E-state index is 10.2. The van der Waals surface area contributed by atoms with Gasteiger partial charge >= 0.3 is 0 Å². The van der Waals surface area contributed by atoms with Gasteiger partial charge in [0, 0.05) is 19.6 Å². The molecule has 1 fully saturated rings. The highest BCUT2D eigenvalue weighted by molar-refractivity contribution is 5.30. The fourth-order valence-corrected chi connectivity index (χ4v) is 2.23. The molecule has 0 bridgehead atoms. The third kappa shape index (κ3) is 2.84. The summed E-state index contributed by atoms with van der Waals surface area (Å²) in [6, 6.07) is 9.71. The van der Waals surface area contributed by atoms with Crippen LogP contribution in [0, 0.1) is 0 Å². The maximum Gasteiger partial charge on any atom is 0.170 e. The first-order valence-corrected chi connectivity index (χ1v) is 6.60. The first-order chi connectivity index (χ1) is 9.77. The summed E-state index contributed by atoms with van der Waals surface area (Å²) in [6.45, 7) is 1.95. The standard InChI is InChI=1S/C13H17N5O2/c19-13(6-7-20-10-13)9-14-8-12-15-16-17-18(12)11-4-2-1-3-5-11/h1-5,14,19H,6-10H2. The Hall–Kier alpha value is -1.83. The zero-order valence-electron chi connectivity index (χ0n) is 11.1. The van der Waals surface area contributed by atoms with Gasteiger partial charge in [0.05, 0.1) is 18.8 Å². The molecule has 0 saturated carbocycles. The van der Waals surface area contributed by atoms with Crippen LogP contribution in [0.2, 0.25) is 0 Å². The molecule has 1 aliphatic rings. The lowest BCUT2D eigenvalue weighted by Gasteiger charge is -2.20. The van der Waals surface area contributed by atoms with Crippen LogP contribution in [0.25, 0.3) is 5.69 Å². The van der Waals surface area contributed by atoms with Crippen molar-refractivity contribution >= 4 is 0 Å². The van der Waals surface area contributed by atoms with Crippen molar-refractivity contribution in [1.29, 1.82) is 0 Å². The van der Waals surface area contributed by atoms with Gasteiger partial charge in [-0.2, -0.15) is 4.68 Å². The number of aromatic nitrogens is 4. The Morgan fingerprint density at radius 3 is 2.95 bits per heavy atom. The van der Waals surface area contributed by atoms with E-state index in [1.54, 1.807) is 4.68 Å². The molecule has 0 spiro atoms. The summed E-state index contributed by atoms with van der Waals surface area (Å²) in [5, 5.41) is 25.0. The second-order valence-corrected chi connectivity index (χ2v) is 4.97. The number of ether oxygens (including phenoxy) is 1. The van der Waals surface area contributed by atoms with Gasteiger partial charge in [0.2, 0.25) is 0 Å². The van der Waals surface area contributed by atoms with E-state index >= 15 is 0 Å². The Bertz CT molecular complexity index is 551. The van der Waals surface area contributed by atoms with Crippen molar-refractivity contribution in [2.45, 2.75) is 18.6 Å². The van der Waals surface area contributed by atoms with E-state index in [4.69, 9.17) is 4.74 Å². The molecule has 20 heavy (non-hydrogen) atoms. The zero-order chi connectivity index (χ0) is 13.8. The molecule has 106 valence electrons. The quantitative estimate of drug-likeness (QED) is 0.793. The predicted octanol–water partition coefficient (Wildman–Crippen LogP) is -0.0967. The van der Waals surface area contributed by atoms with Crippen LogP contribution >= 0.6 is 0 Å². The molecular formula is C13H17N5O2. The molecule has 0 radical (unpaired) electrons. The van der Waals surface area contributed by atoms with Crippen LogP contribution in [0.15, 0.2) is 30.3 Å². The summed E-state index contributed by atoms with van der Waals surface area (Å²) in [6.07, 6.45) is 0.656. The monoisotopic (exact) mass is 275 g/mol. The van der Waals surface area contributed by atoms with E-state index in [9.17, 15) is 5.11 Å². The summed E-state index contributed by atoms with van der Waals surface area (Å²) in [5.41, 5.74) is 0.141. The molecular weight excluding hydrogens is 258 g/mol. The van der Waals surface area contributed by atoms with Crippen LogP contribution in [0.3, 0.4) is 0 Å². The molecule has 1 saturated heterocycles. The van der Waals surface area contributed by atoms with Gasteiger partial charge in [0.15, 0.2) is 5.82 Å². The van der Waals surface area contributed by atoms with E-state index in [1.807, 2.05) is 30.3 Å². The fourth-order valence-electron chi connectivity index (χ4n) is 2.23. The second kappa shape index (κ2) is 5.66. The predicted molar refractivity (Wildman–Crippen MR) is 71.2 cm³/mol. The van der Waals surface area contributed by atoms with Crippen LogP contribution in [0.5, 0.6) is 0 Å². The van der Waals surface area contributed by atoms with Gasteiger partial charge in [-0.25, -0.2) is 0 Å². The minimum Gasteiger partial charge on any atom is -0.386 e. The lowest BCUT2D eigenvalue weighted by atomic mass is 10.0. The van der Waals surface area contributed by atoms with E-state index in [0.29, 0.717) is 38.5 Å². The van der Waals surface area contributed by atoms with Gasteiger partial charge in [-0.05, 0) is 22.6 Å². The van der Waals surface area contributed by atoms with Gasteiger partial charge in [0.25, 0.3) is 0 Å². The van der Waals surface area contributed by atoms with Crippen molar-refractivity contribution < 1.29 is 9.84 Å². The average molecular weight is 275 g/mol. The number of hydrogen-bond acceptors (Lipinski definition) is 6. The molecule has 7 nitrogen and oxygen atoms in total. The first kappa shape index (κ1) is 13.2. The van der Waals surface area contributed by atoms with Crippen LogP contribution in [-0.2, 0) is 11.3 Å². The molecule has 1 unspecified atom stereocenters. The number of nitrogens with one attached hydrogen (secondary N) is 1. The van der Waals surface area contributed by atoms with Crippen molar-refractivity contribution in [2.24, 2.45) is 0 Å². The molecule has 1 aromatic heterocycles. The van der Waals surface area contributed by atoms with E-state index in [1.165, 1.54) is 0 Å². The van der Waals surface area contributed by atoms with Crippen LogP contribution < -0.4 is 5.32 Å². The normalized spacial score (nSPS) is 22.2. The average Bonchev–Trinajstić information content (AvgIpc) is 3.10. The van der Waals surface area contributed by atoms with Crippen molar-refractivity contribution in [3.05, 3.63) is 36.2 Å². The number of para-hydroxylation sites is 1. The van der Waals surface area contributed by atoms with E-state index in [-0.39, 0.29) is 0 Å².